The number of rotatable bonds is 3. The summed E-state index contributed by atoms with van der Waals surface area (Å²) >= 11 is 5.66. The lowest BCUT2D eigenvalue weighted by Crippen LogP contribution is -1.98. The Kier molecular flexibility index (Phi) is 3.07. The van der Waals surface area contributed by atoms with Gasteiger partial charge in [-0.1, -0.05) is 42.4 Å². The highest BCUT2D eigenvalue weighted by Crippen LogP contribution is 2.20. The molecule has 0 radical (unpaired) electrons. The van der Waals surface area contributed by atoms with Gasteiger partial charge >= 0.3 is 0 Å². The van der Waals surface area contributed by atoms with E-state index in [1.54, 1.807) is 6.07 Å². The summed E-state index contributed by atoms with van der Waals surface area (Å²) in [7, 11) is 0. The molecule has 0 aliphatic rings. The van der Waals surface area contributed by atoms with Gasteiger partial charge in [0.25, 0.3) is 0 Å². The fourth-order valence-corrected chi connectivity index (χ4v) is 1.76. The van der Waals surface area contributed by atoms with Crippen LogP contribution in [0.2, 0.25) is 5.22 Å². The largest absolute Gasteiger partial charge is 0.344 e. The molecular weight excluding hydrogens is 210 g/mol. The van der Waals surface area contributed by atoms with Gasteiger partial charge in [-0.25, -0.2) is 0 Å². The van der Waals surface area contributed by atoms with E-state index in [-0.39, 0.29) is 0 Å². The zero-order valence-corrected chi connectivity index (χ0v) is 9.24. The van der Waals surface area contributed by atoms with Crippen LogP contribution < -0.4 is 0 Å². The maximum Gasteiger partial charge on any atom is 0.226 e. The molecule has 1 aromatic carbocycles. The second-order valence-corrected chi connectivity index (χ2v) is 4.01. The topological polar surface area (TPSA) is 26.0 Å². The molecule has 2 aromatic rings. The van der Waals surface area contributed by atoms with Crippen LogP contribution >= 0.6 is 11.6 Å². The van der Waals surface area contributed by atoms with Gasteiger partial charge in [0, 0.05) is 6.07 Å². The van der Waals surface area contributed by atoms with Crippen molar-refractivity contribution < 1.29 is 4.52 Å². The normalized spacial score (nSPS) is 12.7. The van der Waals surface area contributed by atoms with Crippen LogP contribution in [-0.4, -0.2) is 5.16 Å². The summed E-state index contributed by atoms with van der Waals surface area (Å²) in [4.78, 5) is 0. The molecule has 0 spiro atoms. The fourth-order valence-electron chi connectivity index (χ4n) is 1.60. The van der Waals surface area contributed by atoms with Gasteiger partial charge in [-0.05, 0) is 29.5 Å². The first-order valence-electron chi connectivity index (χ1n) is 4.92. The second-order valence-electron chi connectivity index (χ2n) is 3.64. The van der Waals surface area contributed by atoms with Gasteiger partial charge in [0.05, 0.1) is 5.69 Å². The molecule has 2 nitrogen and oxygen atoms in total. The lowest BCUT2D eigenvalue weighted by Gasteiger charge is -2.08. The maximum atomic E-state index is 5.66. The molecule has 0 aliphatic heterocycles. The zero-order valence-electron chi connectivity index (χ0n) is 8.48. The molecule has 0 N–H and O–H groups in total. The summed E-state index contributed by atoms with van der Waals surface area (Å²) in [5.74, 6) is 0.423. The van der Waals surface area contributed by atoms with Crippen LogP contribution in [0.3, 0.4) is 0 Å². The summed E-state index contributed by atoms with van der Waals surface area (Å²) in [5, 5.41) is 4.23. The molecule has 1 atom stereocenters. The second kappa shape index (κ2) is 4.49. The minimum absolute atomic E-state index is 0.352. The average Bonchev–Trinajstić information content (AvgIpc) is 2.65. The van der Waals surface area contributed by atoms with Crippen LogP contribution in [0.15, 0.2) is 40.9 Å². The van der Waals surface area contributed by atoms with E-state index in [1.165, 1.54) is 5.56 Å². The predicted molar refractivity (Wildman–Crippen MR) is 60.1 cm³/mol. The van der Waals surface area contributed by atoms with Crippen molar-refractivity contribution in [3.05, 3.63) is 52.9 Å². The van der Waals surface area contributed by atoms with Gasteiger partial charge in [-0.15, -0.1) is 0 Å². The van der Waals surface area contributed by atoms with Gasteiger partial charge < -0.3 is 4.52 Å². The highest BCUT2D eigenvalue weighted by molar-refractivity contribution is 6.28. The van der Waals surface area contributed by atoms with Crippen LogP contribution in [0.5, 0.6) is 0 Å². The molecule has 1 unspecified atom stereocenters. The third-order valence-electron chi connectivity index (χ3n) is 2.41. The van der Waals surface area contributed by atoms with E-state index in [9.17, 15) is 0 Å². The first-order valence-corrected chi connectivity index (χ1v) is 5.29. The summed E-state index contributed by atoms with van der Waals surface area (Å²) in [6.45, 7) is 2.16. The van der Waals surface area contributed by atoms with Crippen molar-refractivity contribution in [2.24, 2.45) is 0 Å². The molecule has 0 saturated heterocycles. The van der Waals surface area contributed by atoms with E-state index in [2.05, 4.69) is 24.2 Å². The molecule has 0 fully saturated rings. The first-order chi connectivity index (χ1) is 7.25. The van der Waals surface area contributed by atoms with E-state index >= 15 is 0 Å². The highest BCUT2D eigenvalue weighted by Gasteiger charge is 2.09. The molecule has 78 valence electrons. The minimum Gasteiger partial charge on any atom is -0.344 e. The smallest absolute Gasteiger partial charge is 0.226 e. The Balaban J connectivity index is 2.07. The Bertz CT molecular complexity index is 424. The Morgan fingerprint density at radius 1 is 1.33 bits per heavy atom. The van der Waals surface area contributed by atoms with E-state index in [0.29, 0.717) is 11.1 Å². The Labute approximate surface area is 93.9 Å². The van der Waals surface area contributed by atoms with Crippen molar-refractivity contribution in [3.8, 4) is 0 Å². The van der Waals surface area contributed by atoms with Crippen molar-refractivity contribution >= 4 is 11.6 Å². The van der Waals surface area contributed by atoms with Crippen molar-refractivity contribution in [2.45, 2.75) is 19.3 Å². The molecule has 0 aliphatic carbocycles. The number of hydrogen-bond donors (Lipinski definition) is 0. The quantitative estimate of drug-likeness (QED) is 0.791. The molecule has 0 bridgehead atoms. The summed E-state index contributed by atoms with van der Waals surface area (Å²) < 4.78 is 4.82. The summed E-state index contributed by atoms with van der Waals surface area (Å²) in [6.07, 6.45) is 0.847. The highest BCUT2D eigenvalue weighted by atomic mass is 35.5. The minimum atomic E-state index is 0.352. The lowest BCUT2D eigenvalue weighted by atomic mass is 9.96. The number of hydrogen-bond acceptors (Lipinski definition) is 2. The van der Waals surface area contributed by atoms with Crippen molar-refractivity contribution in [2.75, 3.05) is 0 Å². The first kappa shape index (κ1) is 10.2. The SMILES string of the molecule is CC(Cc1cc(Cl)on1)c1ccccc1. The van der Waals surface area contributed by atoms with Crippen molar-refractivity contribution in [3.63, 3.8) is 0 Å². The molecule has 1 heterocycles. The van der Waals surface area contributed by atoms with Crippen molar-refractivity contribution in [1.29, 1.82) is 0 Å². The third kappa shape index (κ3) is 2.60. The van der Waals surface area contributed by atoms with Crippen molar-refractivity contribution in [1.82, 2.24) is 5.16 Å². The maximum absolute atomic E-state index is 5.66. The van der Waals surface area contributed by atoms with Crippen LogP contribution in [0.1, 0.15) is 24.1 Å². The molecule has 3 heteroatoms. The monoisotopic (exact) mass is 221 g/mol. The van der Waals surface area contributed by atoms with E-state index in [0.717, 1.165) is 12.1 Å². The Morgan fingerprint density at radius 2 is 2.07 bits per heavy atom. The van der Waals surface area contributed by atoms with Gasteiger partial charge in [0.1, 0.15) is 0 Å². The van der Waals surface area contributed by atoms with Gasteiger partial charge in [-0.2, -0.15) is 0 Å². The standard InChI is InChI=1S/C12H12ClNO/c1-9(10-5-3-2-4-6-10)7-11-8-12(13)15-14-11/h2-6,8-9H,7H2,1H3. The predicted octanol–water partition coefficient (Wildman–Crippen LogP) is 3.67. The number of aromatic nitrogens is 1. The van der Waals surface area contributed by atoms with E-state index < -0.39 is 0 Å². The van der Waals surface area contributed by atoms with Crippen LogP contribution in [-0.2, 0) is 6.42 Å². The molecule has 0 saturated carbocycles. The molecule has 15 heavy (non-hydrogen) atoms. The molecule has 1 aromatic heterocycles. The molecule has 0 amide bonds. The third-order valence-corrected chi connectivity index (χ3v) is 2.59. The van der Waals surface area contributed by atoms with Gasteiger partial charge in [-0.3, -0.25) is 0 Å². The summed E-state index contributed by atoms with van der Waals surface area (Å²) in [5.41, 5.74) is 2.20. The number of benzene rings is 1. The van der Waals surface area contributed by atoms with Gasteiger partial charge in [0.15, 0.2) is 0 Å². The van der Waals surface area contributed by atoms with Crippen LogP contribution in [0, 0.1) is 0 Å². The Morgan fingerprint density at radius 3 is 2.67 bits per heavy atom. The number of halogens is 1. The van der Waals surface area contributed by atoms with E-state index in [1.807, 2.05) is 18.2 Å². The lowest BCUT2D eigenvalue weighted by molar-refractivity contribution is 0.411. The molecule has 2 rings (SSSR count). The zero-order chi connectivity index (χ0) is 10.7. The Hall–Kier alpha value is -1.28. The number of nitrogens with zero attached hydrogens (tertiary/aromatic N) is 1. The van der Waals surface area contributed by atoms with E-state index in [4.69, 9.17) is 16.1 Å². The van der Waals surface area contributed by atoms with Gasteiger partial charge in [0.2, 0.25) is 5.22 Å². The summed E-state index contributed by atoms with van der Waals surface area (Å²) in [6, 6.07) is 12.1. The van der Waals surface area contributed by atoms with Crippen LogP contribution in [0.4, 0.5) is 0 Å². The molecular formula is C12H12ClNO. The van der Waals surface area contributed by atoms with Crippen LogP contribution in [0.25, 0.3) is 0 Å². The fraction of sp³-hybridized carbons (Fsp3) is 0.250. The average molecular weight is 222 g/mol.